The standard InChI is InChI=1S/C11H14N4O3/c1-4-5-15(6-9(16)17)11(18)12-10-7(2)13-14-8(10)3/h1H,5-6H2,2-3H3,(H,12,18)(H,13,14)(H,16,17). The topological polar surface area (TPSA) is 98.3 Å². The zero-order chi connectivity index (χ0) is 13.7. The van der Waals surface area contributed by atoms with Crippen molar-refractivity contribution in [3.63, 3.8) is 0 Å². The first-order valence-electron chi connectivity index (χ1n) is 5.18. The summed E-state index contributed by atoms with van der Waals surface area (Å²) in [6.45, 7) is 2.94. The van der Waals surface area contributed by atoms with Gasteiger partial charge in [0.2, 0.25) is 0 Å². The van der Waals surface area contributed by atoms with Crippen molar-refractivity contribution in [1.82, 2.24) is 15.1 Å². The summed E-state index contributed by atoms with van der Waals surface area (Å²) >= 11 is 0. The average Bonchev–Trinajstić information content (AvgIpc) is 2.59. The molecule has 1 rings (SSSR count). The molecular weight excluding hydrogens is 236 g/mol. The van der Waals surface area contributed by atoms with Gasteiger partial charge in [-0.1, -0.05) is 5.92 Å². The van der Waals surface area contributed by atoms with E-state index in [1.54, 1.807) is 13.8 Å². The number of hydrogen-bond donors (Lipinski definition) is 3. The van der Waals surface area contributed by atoms with Crippen molar-refractivity contribution in [3.8, 4) is 12.3 Å². The molecule has 7 nitrogen and oxygen atoms in total. The highest BCUT2D eigenvalue weighted by molar-refractivity contribution is 5.92. The molecule has 0 spiro atoms. The number of terminal acetylenes is 1. The molecule has 0 atom stereocenters. The summed E-state index contributed by atoms with van der Waals surface area (Å²) in [5, 5.41) is 17.9. The summed E-state index contributed by atoms with van der Waals surface area (Å²) < 4.78 is 0. The first-order valence-corrected chi connectivity index (χ1v) is 5.18. The molecule has 0 saturated heterocycles. The van der Waals surface area contributed by atoms with Gasteiger partial charge < -0.3 is 15.3 Å². The quantitative estimate of drug-likeness (QED) is 0.681. The van der Waals surface area contributed by atoms with Crippen LogP contribution in [0, 0.1) is 26.2 Å². The maximum absolute atomic E-state index is 11.9. The van der Waals surface area contributed by atoms with E-state index in [4.69, 9.17) is 11.5 Å². The van der Waals surface area contributed by atoms with Crippen LogP contribution in [0.15, 0.2) is 0 Å². The molecule has 0 bridgehead atoms. The first kappa shape index (κ1) is 13.6. The molecular formula is C11H14N4O3. The zero-order valence-electron chi connectivity index (χ0n) is 10.1. The van der Waals surface area contributed by atoms with Crippen molar-refractivity contribution in [1.29, 1.82) is 0 Å². The van der Waals surface area contributed by atoms with Crippen molar-refractivity contribution in [2.24, 2.45) is 0 Å². The highest BCUT2D eigenvalue weighted by Gasteiger charge is 2.18. The lowest BCUT2D eigenvalue weighted by Gasteiger charge is -2.18. The molecule has 1 heterocycles. The molecule has 1 aromatic rings. The van der Waals surface area contributed by atoms with Crippen molar-refractivity contribution in [3.05, 3.63) is 11.4 Å². The monoisotopic (exact) mass is 250 g/mol. The van der Waals surface area contributed by atoms with Crippen LogP contribution in [-0.4, -0.2) is 45.3 Å². The summed E-state index contributed by atoms with van der Waals surface area (Å²) in [6.07, 6.45) is 5.09. The van der Waals surface area contributed by atoms with Crippen LogP contribution in [0.3, 0.4) is 0 Å². The minimum atomic E-state index is -1.12. The van der Waals surface area contributed by atoms with Crippen LogP contribution >= 0.6 is 0 Å². The summed E-state index contributed by atoms with van der Waals surface area (Å²) in [4.78, 5) is 23.5. The van der Waals surface area contributed by atoms with Gasteiger partial charge in [-0.15, -0.1) is 6.42 Å². The average molecular weight is 250 g/mol. The number of amides is 2. The molecule has 0 saturated carbocycles. The van der Waals surface area contributed by atoms with Gasteiger partial charge in [-0.3, -0.25) is 9.89 Å². The minimum absolute atomic E-state index is 0.0753. The molecule has 0 unspecified atom stereocenters. The molecule has 2 amide bonds. The third-order valence-corrected chi connectivity index (χ3v) is 2.26. The second-order valence-corrected chi connectivity index (χ2v) is 3.69. The Hall–Kier alpha value is -2.49. The van der Waals surface area contributed by atoms with Gasteiger partial charge in [0.25, 0.3) is 0 Å². The lowest BCUT2D eigenvalue weighted by atomic mass is 10.3. The molecule has 3 N–H and O–H groups in total. The van der Waals surface area contributed by atoms with Crippen molar-refractivity contribution in [2.75, 3.05) is 18.4 Å². The summed E-state index contributed by atoms with van der Waals surface area (Å²) in [5.41, 5.74) is 1.85. The Morgan fingerprint density at radius 3 is 2.67 bits per heavy atom. The number of aromatic amines is 1. The Labute approximate surface area is 104 Å². The van der Waals surface area contributed by atoms with Crippen LogP contribution in [0.1, 0.15) is 11.4 Å². The Morgan fingerprint density at radius 2 is 2.22 bits per heavy atom. The van der Waals surface area contributed by atoms with Gasteiger partial charge in [-0.05, 0) is 13.8 Å². The molecule has 1 aromatic heterocycles. The van der Waals surface area contributed by atoms with E-state index in [0.717, 1.165) is 4.90 Å². The highest BCUT2D eigenvalue weighted by atomic mass is 16.4. The molecule has 0 aromatic carbocycles. The zero-order valence-corrected chi connectivity index (χ0v) is 10.1. The van der Waals surface area contributed by atoms with Gasteiger partial charge in [0, 0.05) is 0 Å². The van der Waals surface area contributed by atoms with E-state index in [9.17, 15) is 9.59 Å². The second kappa shape index (κ2) is 5.72. The third kappa shape index (κ3) is 3.25. The molecule has 96 valence electrons. The van der Waals surface area contributed by atoms with E-state index in [-0.39, 0.29) is 6.54 Å². The molecule has 0 radical (unpaired) electrons. The summed E-state index contributed by atoms with van der Waals surface area (Å²) in [6, 6.07) is -0.567. The number of carbonyl (C=O) groups is 2. The van der Waals surface area contributed by atoms with Gasteiger partial charge in [0.15, 0.2) is 0 Å². The number of hydrogen-bond acceptors (Lipinski definition) is 3. The van der Waals surface area contributed by atoms with Crippen LogP contribution in [0.4, 0.5) is 10.5 Å². The third-order valence-electron chi connectivity index (χ3n) is 2.26. The minimum Gasteiger partial charge on any atom is -0.480 e. The normalized spacial score (nSPS) is 9.61. The van der Waals surface area contributed by atoms with Crippen molar-refractivity contribution < 1.29 is 14.7 Å². The Kier molecular flexibility index (Phi) is 4.32. The fraction of sp³-hybridized carbons (Fsp3) is 0.364. The number of nitrogens with one attached hydrogen (secondary N) is 2. The number of aliphatic carboxylic acids is 1. The van der Waals surface area contributed by atoms with E-state index in [2.05, 4.69) is 21.4 Å². The van der Waals surface area contributed by atoms with Crippen LogP contribution in [0.5, 0.6) is 0 Å². The molecule has 0 fully saturated rings. The number of nitrogens with zero attached hydrogens (tertiary/aromatic N) is 2. The summed E-state index contributed by atoms with van der Waals surface area (Å²) in [5.74, 6) is 1.12. The predicted molar refractivity (Wildman–Crippen MR) is 65.1 cm³/mol. The number of H-pyrrole nitrogens is 1. The maximum atomic E-state index is 11.9. The van der Waals surface area contributed by atoms with Crippen LogP contribution in [0.2, 0.25) is 0 Å². The lowest BCUT2D eigenvalue weighted by molar-refractivity contribution is -0.137. The maximum Gasteiger partial charge on any atom is 0.323 e. The van der Waals surface area contributed by atoms with Gasteiger partial charge in [0.05, 0.1) is 23.6 Å². The molecule has 18 heavy (non-hydrogen) atoms. The number of aryl methyl sites for hydroxylation is 2. The predicted octanol–water partition coefficient (Wildman–Crippen LogP) is 0.578. The van der Waals surface area contributed by atoms with E-state index in [1.807, 2.05) is 0 Å². The number of anilines is 1. The fourth-order valence-electron chi connectivity index (χ4n) is 1.39. The smallest absolute Gasteiger partial charge is 0.323 e. The highest BCUT2D eigenvalue weighted by Crippen LogP contribution is 2.16. The van der Waals surface area contributed by atoms with Gasteiger partial charge in [0.1, 0.15) is 6.54 Å². The summed E-state index contributed by atoms with van der Waals surface area (Å²) in [7, 11) is 0. The van der Waals surface area contributed by atoms with Crippen LogP contribution in [-0.2, 0) is 4.79 Å². The first-order chi connectivity index (χ1) is 8.45. The number of urea groups is 1. The van der Waals surface area contributed by atoms with Crippen LogP contribution in [0.25, 0.3) is 0 Å². The number of aromatic nitrogens is 2. The SMILES string of the molecule is C#CCN(CC(=O)O)C(=O)Nc1c(C)n[nH]c1C. The van der Waals surface area contributed by atoms with Crippen LogP contribution < -0.4 is 5.32 Å². The molecule has 7 heteroatoms. The van der Waals surface area contributed by atoms with E-state index < -0.39 is 18.5 Å². The van der Waals surface area contributed by atoms with E-state index in [0.29, 0.717) is 17.1 Å². The number of carbonyl (C=O) groups excluding carboxylic acids is 1. The molecule has 0 aliphatic heterocycles. The largest absolute Gasteiger partial charge is 0.480 e. The number of carboxylic acids is 1. The van der Waals surface area contributed by atoms with Gasteiger partial charge in [-0.2, -0.15) is 5.10 Å². The Bertz CT molecular complexity index is 481. The lowest BCUT2D eigenvalue weighted by Crippen LogP contribution is -2.39. The van der Waals surface area contributed by atoms with E-state index >= 15 is 0 Å². The van der Waals surface area contributed by atoms with Gasteiger partial charge in [-0.25, -0.2) is 4.79 Å². The van der Waals surface area contributed by atoms with Crippen molar-refractivity contribution in [2.45, 2.75) is 13.8 Å². The Balaban J connectivity index is 2.79. The Morgan fingerprint density at radius 1 is 1.56 bits per heavy atom. The molecule has 0 aliphatic carbocycles. The van der Waals surface area contributed by atoms with E-state index in [1.165, 1.54) is 0 Å². The van der Waals surface area contributed by atoms with Crippen molar-refractivity contribution >= 4 is 17.7 Å². The number of rotatable bonds is 4. The second-order valence-electron chi connectivity index (χ2n) is 3.69. The fourth-order valence-corrected chi connectivity index (χ4v) is 1.39. The van der Waals surface area contributed by atoms with Gasteiger partial charge >= 0.3 is 12.0 Å². The molecule has 0 aliphatic rings. The number of carboxylic acid groups (broad SMARTS) is 1.